The molecule has 6 heteroatoms. The van der Waals surface area contributed by atoms with E-state index in [-0.39, 0.29) is 5.91 Å². The van der Waals surface area contributed by atoms with Gasteiger partial charge in [0, 0.05) is 32.7 Å². The number of rotatable bonds is 3. The second kappa shape index (κ2) is 5.54. The Morgan fingerprint density at radius 1 is 1.45 bits per heavy atom. The van der Waals surface area contributed by atoms with Crippen LogP contribution in [0.15, 0.2) is 0 Å². The number of hydrogen-bond acceptors (Lipinski definition) is 4. The number of hydrogen-bond donors (Lipinski definition) is 0. The SMILES string of the molecule is CON(C)C(=O)c1c(C2CCOCC2)nn2c1CCC2. The number of amides is 1. The van der Waals surface area contributed by atoms with Crippen molar-refractivity contribution in [2.24, 2.45) is 0 Å². The van der Waals surface area contributed by atoms with Gasteiger partial charge in [0.15, 0.2) is 0 Å². The van der Waals surface area contributed by atoms with Gasteiger partial charge in [0.1, 0.15) is 0 Å². The van der Waals surface area contributed by atoms with E-state index in [1.807, 2.05) is 4.68 Å². The van der Waals surface area contributed by atoms with Crippen molar-refractivity contribution in [3.63, 3.8) is 0 Å². The van der Waals surface area contributed by atoms with Crippen LogP contribution in [-0.4, -0.2) is 48.1 Å². The summed E-state index contributed by atoms with van der Waals surface area (Å²) in [6.07, 6.45) is 3.86. The topological polar surface area (TPSA) is 56.6 Å². The standard InChI is InChI=1S/C14H21N3O3/c1-16(19-2)14(18)12-11-4-3-7-17(11)15-13(12)10-5-8-20-9-6-10/h10H,3-9H2,1-2H3. The van der Waals surface area contributed by atoms with Crippen molar-refractivity contribution < 1.29 is 14.4 Å². The average molecular weight is 279 g/mol. The summed E-state index contributed by atoms with van der Waals surface area (Å²) in [5.41, 5.74) is 2.77. The first-order valence-corrected chi connectivity index (χ1v) is 7.22. The van der Waals surface area contributed by atoms with Gasteiger partial charge in [0.2, 0.25) is 0 Å². The van der Waals surface area contributed by atoms with Crippen LogP contribution in [0.1, 0.15) is 46.9 Å². The van der Waals surface area contributed by atoms with Crippen LogP contribution in [0.25, 0.3) is 0 Å². The first-order chi connectivity index (χ1) is 9.72. The third-order valence-corrected chi connectivity index (χ3v) is 4.25. The third kappa shape index (κ3) is 2.23. The molecule has 0 spiro atoms. The predicted octanol–water partition coefficient (Wildman–Crippen LogP) is 1.36. The minimum absolute atomic E-state index is 0.0860. The normalized spacial score (nSPS) is 19.1. The molecule has 6 nitrogen and oxygen atoms in total. The van der Waals surface area contributed by atoms with E-state index >= 15 is 0 Å². The molecular weight excluding hydrogens is 258 g/mol. The van der Waals surface area contributed by atoms with Crippen molar-refractivity contribution >= 4 is 5.91 Å². The van der Waals surface area contributed by atoms with Crippen molar-refractivity contribution in [2.45, 2.75) is 38.1 Å². The maximum Gasteiger partial charge on any atom is 0.280 e. The van der Waals surface area contributed by atoms with Gasteiger partial charge in [0.25, 0.3) is 5.91 Å². The molecule has 110 valence electrons. The molecule has 2 aliphatic heterocycles. The molecule has 1 aromatic heterocycles. The van der Waals surface area contributed by atoms with E-state index in [4.69, 9.17) is 14.7 Å². The van der Waals surface area contributed by atoms with E-state index in [9.17, 15) is 4.79 Å². The van der Waals surface area contributed by atoms with E-state index in [2.05, 4.69) is 0 Å². The highest BCUT2D eigenvalue weighted by Crippen LogP contribution is 2.33. The molecule has 0 radical (unpaired) electrons. The molecule has 0 aliphatic carbocycles. The van der Waals surface area contributed by atoms with Crippen LogP contribution in [0, 0.1) is 0 Å². The zero-order chi connectivity index (χ0) is 14.1. The smallest absolute Gasteiger partial charge is 0.280 e. The fourth-order valence-corrected chi connectivity index (χ4v) is 3.08. The summed E-state index contributed by atoms with van der Waals surface area (Å²) < 4.78 is 7.41. The van der Waals surface area contributed by atoms with Gasteiger partial charge in [-0.05, 0) is 25.7 Å². The molecule has 1 aromatic rings. The van der Waals surface area contributed by atoms with Gasteiger partial charge >= 0.3 is 0 Å². The van der Waals surface area contributed by atoms with Crippen molar-refractivity contribution in [3.8, 4) is 0 Å². The van der Waals surface area contributed by atoms with Gasteiger partial charge in [-0.2, -0.15) is 5.10 Å². The lowest BCUT2D eigenvalue weighted by Crippen LogP contribution is -2.28. The number of aryl methyl sites for hydroxylation is 1. The maximum atomic E-state index is 12.6. The maximum absolute atomic E-state index is 12.6. The van der Waals surface area contributed by atoms with Crippen LogP contribution in [-0.2, 0) is 22.5 Å². The highest BCUT2D eigenvalue weighted by atomic mass is 16.7. The lowest BCUT2D eigenvalue weighted by molar-refractivity contribution is -0.0758. The van der Waals surface area contributed by atoms with Crippen LogP contribution in [0.4, 0.5) is 0 Å². The molecule has 1 saturated heterocycles. The van der Waals surface area contributed by atoms with E-state index in [0.29, 0.717) is 5.92 Å². The number of aromatic nitrogens is 2. The summed E-state index contributed by atoms with van der Waals surface area (Å²) in [5.74, 6) is 0.239. The number of ether oxygens (including phenoxy) is 1. The summed E-state index contributed by atoms with van der Waals surface area (Å²) in [6, 6.07) is 0. The summed E-state index contributed by atoms with van der Waals surface area (Å²) in [5, 5.41) is 6.00. The highest BCUT2D eigenvalue weighted by molar-refractivity contribution is 5.96. The molecule has 0 saturated carbocycles. The first kappa shape index (κ1) is 13.6. The lowest BCUT2D eigenvalue weighted by Gasteiger charge is -2.22. The Bertz CT molecular complexity index is 506. The molecule has 20 heavy (non-hydrogen) atoms. The molecule has 3 heterocycles. The first-order valence-electron chi connectivity index (χ1n) is 7.22. The number of nitrogens with zero attached hydrogens (tertiary/aromatic N) is 3. The van der Waals surface area contributed by atoms with E-state index in [1.54, 1.807) is 7.05 Å². The quantitative estimate of drug-likeness (QED) is 0.784. The van der Waals surface area contributed by atoms with E-state index in [1.165, 1.54) is 12.2 Å². The monoisotopic (exact) mass is 279 g/mol. The Morgan fingerprint density at radius 3 is 2.90 bits per heavy atom. The van der Waals surface area contributed by atoms with Crippen LogP contribution in [0.5, 0.6) is 0 Å². The Balaban J connectivity index is 1.99. The predicted molar refractivity (Wildman–Crippen MR) is 72.4 cm³/mol. The van der Waals surface area contributed by atoms with Crippen molar-refractivity contribution in [3.05, 3.63) is 17.0 Å². The van der Waals surface area contributed by atoms with Crippen molar-refractivity contribution in [1.82, 2.24) is 14.8 Å². The van der Waals surface area contributed by atoms with Crippen LogP contribution < -0.4 is 0 Å². The Kier molecular flexibility index (Phi) is 3.76. The molecular formula is C14H21N3O3. The Labute approximate surface area is 118 Å². The number of fused-ring (bicyclic) bond motifs is 1. The van der Waals surface area contributed by atoms with Crippen LogP contribution >= 0.6 is 0 Å². The van der Waals surface area contributed by atoms with E-state index < -0.39 is 0 Å². The number of carbonyl (C=O) groups is 1. The summed E-state index contributed by atoms with van der Waals surface area (Å²) in [6.45, 7) is 2.41. The third-order valence-electron chi connectivity index (χ3n) is 4.25. The number of carbonyl (C=O) groups excluding carboxylic acids is 1. The molecule has 2 aliphatic rings. The second-order valence-corrected chi connectivity index (χ2v) is 5.41. The minimum atomic E-state index is -0.0860. The molecule has 0 atom stereocenters. The molecule has 0 aromatic carbocycles. The highest BCUT2D eigenvalue weighted by Gasteiger charge is 2.32. The molecule has 0 N–H and O–H groups in total. The van der Waals surface area contributed by atoms with Crippen LogP contribution in [0.2, 0.25) is 0 Å². The van der Waals surface area contributed by atoms with Gasteiger partial charge < -0.3 is 4.74 Å². The fourth-order valence-electron chi connectivity index (χ4n) is 3.08. The number of hydroxylamine groups is 2. The van der Waals surface area contributed by atoms with E-state index in [0.717, 1.165) is 62.4 Å². The summed E-state index contributed by atoms with van der Waals surface area (Å²) in [7, 11) is 3.16. The van der Waals surface area contributed by atoms with Gasteiger partial charge in [-0.3, -0.25) is 14.3 Å². The zero-order valence-electron chi connectivity index (χ0n) is 12.1. The second-order valence-electron chi connectivity index (χ2n) is 5.41. The molecule has 0 unspecified atom stereocenters. The van der Waals surface area contributed by atoms with Crippen molar-refractivity contribution in [1.29, 1.82) is 0 Å². The minimum Gasteiger partial charge on any atom is -0.381 e. The summed E-state index contributed by atoms with van der Waals surface area (Å²) >= 11 is 0. The van der Waals surface area contributed by atoms with Gasteiger partial charge in [-0.1, -0.05) is 0 Å². The fraction of sp³-hybridized carbons (Fsp3) is 0.714. The molecule has 1 fully saturated rings. The molecule has 0 bridgehead atoms. The Hall–Kier alpha value is -1.40. The lowest BCUT2D eigenvalue weighted by atomic mass is 9.92. The summed E-state index contributed by atoms with van der Waals surface area (Å²) in [4.78, 5) is 17.6. The Morgan fingerprint density at radius 2 is 2.20 bits per heavy atom. The average Bonchev–Trinajstić information content (AvgIpc) is 3.07. The largest absolute Gasteiger partial charge is 0.381 e. The van der Waals surface area contributed by atoms with Crippen molar-refractivity contribution in [2.75, 3.05) is 27.4 Å². The molecule has 3 rings (SSSR count). The van der Waals surface area contributed by atoms with Gasteiger partial charge in [0.05, 0.1) is 24.1 Å². The molecule has 1 amide bonds. The zero-order valence-corrected chi connectivity index (χ0v) is 12.1. The van der Waals surface area contributed by atoms with Gasteiger partial charge in [-0.15, -0.1) is 0 Å². The van der Waals surface area contributed by atoms with Crippen LogP contribution in [0.3, 0.4) is 0 Å². The van der Waals surface area contributed by atoms with Gasteiger partial charge in [-0.25, -0.2) is 5.06 Å².